The molecule has 0 spiro atoms. The summed E-state index contributed by atoms with van der Waals surface area (Å²) in [5, 5.41) is 15.6. The summed E-state index contributed by atoms with van der Waals surface area (Å²) in [6, 6.07) is 23.7. The smallest absolute Gasteiger partial charge is 0.227 e. The summed E-state index contributed by atoms with van der Waals surface area (Å²) in [5.74, 6) is 2.45. The molecule has 0 aliphatic heterocycles. The third kappa shape index (κ3) is 5.76. The standard InChI is InChI=1S/C28H33N3O3/c1-4-26-25(19-30(20-27(32)21(2)3)18-24-16-11-17-33-24)28(34-23-14-9-6-10-15-23)31(29-26)22-12-7-5-8-13-22/h5-17,21,27,32H,4,18-20H2,1-3H3. The maximum absolute atomic E-state index is 10.7. The Morgan fingerprint density at radius 2 is 1.68 bits per heavy atom. The summed E-state index contributed by atoms with van der Waals surface area (Å²) < 4.78 is 14.0. The van der Waals surface area contributed by atoms with Gasteiger partial charge < -0.3 is 14.3 Å². The van der Waals surface area contributed by atoms with Crippen LogP contribution in [0.2, 0.25) is 0 Å². The van der Waals surface area contributed by atoms with E-state index < -0.39 is 6.10 Å². The predicted molar refractivity (Wildman–Crippen MR) is 133 cm³/mol. The summed E-state index contributed by atoms with van der Waals surface area (Å²) in [4.78, 5) is 2.20. The van der Waals surface area contributed by atoms with Crippen LogP contribution >= 0.6 is 0 Å². The van der Waals surface area contributed by atoms with E-state index in [2.05, 4.69) is 11.8 Å². The second kappa shape index (κ2) is 11.2. The van der Waals surface area contributed by atoms with Crippen LogP contribution in [0.25, 0.3) is 5.69 Å². The molecular weight excluding hydrogens is 426 g/mol. The Bertz CT molecular complexity index is 1140. The van der Waals surface area contributed by atoms with Gasteiger partial charge in [0.1, 0.15) is 11.5 Å². The van der Waals surface area contributed by atoms with Crippen molar-refractivity contribution >= 4 is 0 Å². The predicted octanol–water partition coefficient (Wildman–Crippen LogP) is 5.84. The molecular formula is C28H33N3O3. The van der Waals surface area contributed by atoms with Crippen molar-refractivity contribution in [2.24, 2.45) is 5.92 Å². The van der Waals surface area contributed by atoms with E-state index >= 15 is 0 Å². The Kier molecular flexibility index (Phi) is 7.83. The molecule has 4 rings (SSSR count). The largest absolute Gasteiger partial charge is 0.468 e. The van der Waals surface area contributed by atoms with Gasteiger partial charge in [-0.2, -0.15) is 5.10 Å². The van der Waals surface area contributed by atoms with Gasteiger partial charge >= 0.3 is 0 Å². The number of furan rings is 1. The van der Waals surface area contributed by atoms with E-state index in [9.17, 15) is 5.11 Å². The van der Waals surface area contributed by atoms with Gasteiger partial charge in [0.2, 0.25) is 5.88 Å². The van der Waals surface area contributed by atoms with E-state index in [0.717, 1.165) is 34.9 Å². The minimum atomic E-state index is -0.456. The summed E-state index contributed by atoms with van der Waals surface area (Å²) in [7, 11) is 0. The second-order valence-electron chi connectivity index (χ2n) is 8.81. The Morgan fingerprint density at radius 3 is 2.29 bits per heavy atom. The zero-order valence-electron chi connectivity index (χ0n) is 20.1. The lowest BCUT2D eigenvalue weighted by Crippen LogP contribution is -2.34. The summed E-state index contributed by atoms with van der Waals surface area (Å²) in [5.41, 5.74) is 2.92. The number of hydrogen-bond acceptors (Lipinski definition) is 5. The number of aryl methyl sites for hydroxylation is 1. The van der Waals surface area contributed by atoms with E-state index in [4.69, 9.17) is 14.3 Å². The van der Waals surface area contributed by atoms with Gasteiger partial charge in [-0.15, -0.1) is 0 Å². The van der Waals surface area contributed by atoms with Crippen LogP contribution in [0.5, 0.6) is 11.6 Å². The minimum absolute atomic E-state index is 0.150. The third-order valence-electron chi connectivity index (χ3n) is 5.87. The molecule has 6 heteroatoms. The van der Waals surface area contributed by atoms with Crippen molar-refractivity contribution in [1.82, 2.24) is 14.7 Å². The molecule has 1 unspecified atom stereocenters. The number of para-hydroxylation sites is 2. The summed E-state index contributed by atoms with van der Waals surface area (Å²) in [6.07, 6.45) is 1.99. The van der Waals surface area contributed by atoms with Crippen LogP contribution in [0, 0.1) is 5.92 Å². The fourth-order valence-electron chi connectivity index (χ4n) is 3.88. The van der Waals surface area contributed by atoms with Gasteiger partial charge in [0.05, 0.1) is 35.9 Å². The Morgan fingerprint density at radius 1 is 0.971 bits per heavy atom. The van der Waals surface area contributed by atoms with Gasteiger partial charge in [-0.1, -0.05) is 57.2 Å². The zero-order chi connectivity index (χ0) is 23.9. The fourth-order valence-corrected chi connectivity index (χ4v) is 3.88. The maximum Gasteiger partial charge on any atom is 0.227 e. The van der Waals surface area contributed by atoms with Crippen molar-refractivity contribution in [2.75, 3.05) is 6.54 Å². The fraction of sp³-hybridized carbons (Fsp3) is 0.321. The molecule has 2 aromatic heterocycles. The average molecular weight is 460 g/mol. The van der Waals surface area contributed by atoms with Crippen LogP contribution in [0.15, 0.2) is 83.5 Å². The Hall–Kier alpha value is -3.35. The molecule has 2 aromatic carbocycles. The molecule has 178 valence electrons. The van der Waals surface area contributed by atoms with Crippen molar-refractivity contribution in [3.05, 3.63) is 96.1 Å². The van der Waals surface area contributed by atoms with Gasteiger partial charge in [-0.05, 0) is 48.7 Å². The number of nitrogens with zero attached hydrogens (tertiary/aromatic N) is 3. The van der Waals surface area contributed by atoms with E-state index in [0.29, 0.717) is 25.5 Å². The molecule has 1 N–H and O–H groups in total. The highest BCUT2D eigenvalue weighted by molar-refractivity contribution is 5.43. The Labute approximate surface area is 201 Å². The van der Waals surface area contributed by atoms with Crippen molar-refractivity contribution in [1.29, 1.82) is 0 Å². The molecule has 0 saturated carbocycles. The van der Waals surface area contributed by atoms with E-state index in [1.165, 1.54) is 0 Å². The first kappa shape index (κ1) is 23.8. The molecule has 6 nitrogen and oxygen atoms in total. The topological polar surface area (TPSA) is 63.7 Å². The average Bonchev–Trinajstić information content (AvgIpc) is 3.48. The van der Waals surface area contributed by atoms with Crippen LogP contribution in [-0.4, -0.2) is 32.4 Å². The van der Waals surface area contributed by atoms with Crippen molar-refractivity contribution in [3.8, 4) is 17.3 Å². The van der Waals surface area contributed by atoms with Crippen LogP contribution in [-0.2, 0) is 19.5 Å². The van der Waals surface area contributed by atoms with Crippen molar-refractivity contribution in [3.63, 3.8) is 0 Å². The quantitative estimate of drug-likeness (QED) is 0.305. The molecule has 0 aliphatic carbocycles. The number of rotatable bonds is 11. The van der Waals surface area contributed by atoms with Crippen LogP contribution in [0.4, 0.5) is 0 Å². The third-order valence-corrected chi connectivity index (χ3v) is 5.87. The molecule has 0 saturated heterocycles. The highest BCUT2D eigenvalue weighted by atomic mass is 16.5. The zero-order valence-corrected chi connectivity index (χ0v) is 20.1. The van der Waals surface area contributed by atoms with Gasteiger partial charge in [0, 0.05) is 13.1 Å². The molecule has 4 aromatic rings. The molecule has 0 radical (unpaired) electrons. The highest BCUT2D eigenvalue weighted by Gasteiger charge is 2.25. The minimum Gasteiger partial charge on any atom is -0.468 e. The molecule has 2 heterocycles. The normalized spacial score (nSPS) is 12.4. The van der Waals surface area contributed by atoms with Crippen molar-refractivity contribution in [2.45, 2.75) is 46.4 Å². The SMILES string of the molecule is CCc1nn(-c2ccccc2)c(Oc2ccccc2)c1CN(Cc1ccco1)CC(O)C(C)C. The molecule has 0 amide bonds. The molecule has 0 aliphatic rings. The van der Waals surface area contributed by atoms with Crippen LogP contribution < -0.4 is 4.74 Å². The van der Waals surface area contributed by atoms with E-state index in [1.54, 1.807) is 6.26 Å². The number of aliphatic hydroxyl groups is 1. The number of benzene rings is 2. The van der Waals surface area contributed by atoms with E-state index in [-0.39, 0.29) is 5.92 Å². The number of aromatic nitrogens is 2. The van der Waals surface area contributed by atoms with Crippen LogP contribution in [0.1, 0.15) is 37.8 Å². The highest BCUT2D eigenvalue weighted by Crippen LogP contribution is 2.32. The molecule has 0 bridgehead atoms. The lowest BCUT2D eigenvalue weighted by atomic mass is 10.1. The lowest BCUT2D eigenvalue weighted by Gasteiger charge is -2.26. The first-order valence-corrected chi connectivity index (χ1v) is 11.9. The lowest BCUT2D eigenvalue weighted by molar-refractivity contribution is 0.0666. The first-order chi connectivity index (χ1) is 16.5. The van der Waals surface area contributed by atoms with Gasteiger partial charge in [0.15, 0.2) is 0 Å². The van der Waals surface area contributed by atoms with Crippen molar-refractivity contribution < 1.29 is 14.3 Å². The summed E-state index contributed by atoms with van der Waals surface area (Å²) in [6.45, 7) is 7.84. The van der Waals surface area contributed by atoms with Gasteiger partial charge in [-0.25, -0.2) is 4.68 Å². The summed E-state index contributed by atoms with van der Waals surface area (Å²) >= 11 is 0. The molecule has 1 atom stereocenters. The van der Waals surface area contributed by atoms with Gasteiger partial charge in [-0.3, -0.25) is 4.90 Å². The molecule has 34 heavy (non-hydrogen) atoms. The maximum atomic E-state index is 10.7. The molecule has 0 fully saturated rings. The number of ether oxygens (including phenoxy) is 1. The van der Waals surface area contributed by atoms with Crippen LogP contribution in [0.3, 0.4) is 0 Å². The number of aliphatic hydroxyl groups excluding tert-OH is 1. The van der Waals surface area contributed by atoms with Gasteiger partial charge in [0.25, 0.3) is 0 Å². The number of hydrogen-bond donors (Lipinski definition) is 1. The first-order valence-electron chi connectivity index (χ1n) is 11.9. The monoisotopic (exact) mass is 459 g/mol. The Balaban J connectivity index is 1.75. The second-order valence-corrected chi connectivity index (χ2v) is 8.81. The van der Waals surface area contributed by atoms with E-state index in [1.807, 2.05) is 91.3 Å².